The Balaban J connectivity index is 1.65. The third-order valence-electron chi connectivity index (χ3n) is 6.63. The quantitative estimate of drug-likeness (QED) is 0.195. The molecule has 0 aliphatic rings. The first kappa shape index (κ1) is 28.4. The highest BCUT2D eigenvalue weighted by Gasteiger charge is 2.23. The Bertz CT molecular complexity index is 1530. The van der Waals surface area contributed by atoms with Crippen LogP contribution in [0.2, 0.25) is 0 Å². The zero-order chi connectivity index (χ0) is 27.8. The van der Waals surface area contributed by atoms with Gasteiger partial charge >= 0.3 is 6.09 Å². The average molecular weight is 548 g/mol. The number of aromatic nitrogens is 2. The molecule has 7 nitrogen and oxygen atoms in total. The van der Waals surface area contributed by atoms with E-state index < -0.39 is 16.1 Å². The molecular weight excluding hydrogens is 510 g/mol. The van der Waals surface area contributed by atoms with Crippen LogP contribution in [0.25, 0.3) is 22.2 Å². The van der Waals surface area contributed by atoms with E-state index in [4.69, 9.17) is 9.72 Å². The van der Waals surface area contributed by atoms with Gasteiger partial charge in [0.25, 0.3) is 10.0 Å². The van der Waals surface area contributed by atoms with Gasteiger partial charge in [-0.3, -0.25) is 0 Å². The van der Waals surface area contributed by atoms with Crippen molar-refractivity contribution < 1.29 is 17.9 Å². The summed E-state index contributed by atoms with van der Waals surface area (Å²) in [5, 5.41) is 0. The van der Waals surface area contributed by atoms with Gasteiger partial charge in [-0.25, -0.2) is 22.9 Å². The van der Waals surface area contributed by atoms with Crippen LogP contribution >= 0.6 is 0 Å². The van der Waals surface area contributed by atoms with E-state index in [0.29, 0.717) is 18.5 Å². The van der Waals surface area contributed by atoms with Crippen molar-refractivity contribution in [3.05, 3.63) is 83.7 Å². The molecule has 0 radical (unpaired) electrons. The van der Waals surface area contributed by atoms with Gasteiger partial charge in [0.1, 0.15) is 5.82 Å². The minimum absolute atomic E-state index is 0.0494. The molecular formula is C31H37N3O4S. The number of aryl methyl sites for hydroxylation is 2. The third-order valence-corrected chi connectivity index (χ3v) is 8.00. The van der Waals surface area contributed by atoms with Crippen molar-refractivity contribution in [2.45, 2.75) is 70.7 Å². The number of hydrogen-bond acceptors (Lipinski definition) is 5. The summed E-state index contributed by atoms with van der Waals surface area (Å²) >= 11 is 0. The first-order valence-corrected chi connectivity index (χ1v) is 15.2. The SMILES string of the molecule is CCCCOC(=O)NS(=O)(=O)c1ccc(CCC)cc1-c1ccc(Cn2c(CCC)nc3ccccc32)cc1. The van der Waals surface area contributed by atoms with Crippen molar-refractivity contribution in [1.82, 2.24) is 14.3 Å². The first-order chi connectivity index (χ1) is 18.9. The van der Waals surface area contributed by atoms with Crippen molar-refractivity contribution >= 4 is 27.1 Å². The normalized spacial score (nSPS) is 11.6. The van der Waals surface area contributed by atoms with E-state index in [1.165, 1.54) is 0 Å². The fourth-order valence-corrected chi connectivity index (χ4v) is 5.77. The number of fused-ring (bicyclic) bond motifs is 1. The molecule has 0 unspecified atom stereocenters. The van der Waals surface area contributed by atoms with Crippen LogP contribution in [0.4, 0.5) is 4.79 Å². The number of carbonyl (C=O) groups is 1. The second-order valence-corrected chi connectivity index (χ2v) is 11.4. The van der Waals surface area contributed by atoms with Gasteiger partial charge in [-0.05, 0) is 60.2 Å². The molecule has 0 saturated heterocycles. The van der Waals surface area contributed by atoms with Crippen LogP contribution in [-0.4, -0.2) is 30.7 Å². The van der Waals surface area contributed by atoms with Crippen LogP contribution in [0.3, 0.4) is 0 Å². The summed E-state index contributed by atoms with van der Waals surface area (Å²) in [7, 11) is -4.13. The molecule has 0 aliphatic carbocycles. The molecule has 4 aromatic rings. The number of rotatable bonds is 12. The molecule has 0 spiro atoms. The molecule has 39 heavy (non-hydrogen) atoms. The van der Waals surface area contributed by atoms with E-state index in [9.17, 15) is 13.2 Å². The van der Waals surface area contributed by atoms with Crippen LogP contribution in [-0.2, 0) is 34.1 Å². The van der Waals surface area contributed by atoms with E-state index in [2.05, 4.69) is 29.2 Å². The van der Waals surface area contributed by atoms with Crippen LogP contribution in [0.15, 0.2) is 71.6 Å². The van der Waals surface area contributed by atoms with Crippen molar-refractivity contribution in [1.29, 1.82) is 0 Å². The number of sulfonamides is 1. The standard InChI is InChI=1S/C31H37N3O4S/c1-4-7-20-38-31(35)33-39(36,37)29-19-16-23(10-5-2)21-26(29)25-17-14-24(15-18-25)22-34-28-13-9-8-12-27(28)32-30(34)11-6-3/h8-9,12-19,21H,4-7,10-11,20,22H2,1-3H3,(H,33,35). The monoisotopic (exact) mass is 547 g/mol. The Morgan fingerprint density at radius 2 is 1.62 bits per heavy atom. The Morgan fingerprint density at radius 3 is 2.33 bits per heavy atom. The largest absolute Gasteiger partial charge is 0.449 e. The smallest absolute Gasteiger partial charge is 0.421 e. The molecule has 8 heteroatoms. The van der Waals surface area contributed by atoms with Crippen LogP contribution in [0, 0.1) is 0 Å². The second kappa shape index (κ2) is 12.9. The number of imidazole rings is 1. The molecule has 0 aliphatic heterocycles. The summed E-state index contributed by atoms with van der Waals surface area (Å²) < 4.78 is 35.8. The number of nitrogens with zero attached hydrogens (tertiary/aromatic N) is 2. The topological polar surface area (TPSA) is 90.3 Å². The van der Waals surface area contributed by atoms with Gasteiger partial charge in [-0.1, -0.05) is 76.1 Å². The highest BCUT2D eigenvalue weighted by Crippen LogP contribution is 2.30. The first-order valence-electron chi connectivity index (χ1n) is 13.7. The van der Waals surface area contributed by atoms with Gasteiger partial charge in [0.2, 0.25) is 0 Å². The van der Waals surface area contributed by atoms with E-state index in [-0.39, 0.29) is 11.5 Å². The number of hydrogen-bond donors (Lipinski definition) is 1. The third kappa shape index (κ3) is 6.87. The van der Waals surface area contributed by atoms with Gasteiger partial charge in [0.15, 0.2) is 0 Å². The Hall–Kier alpha value is -3.65. The Labute approximate surface area is 231 Å². The van der Waals surface area contributed by atoms with Gasteiger partial charge in [0.05, 0.1) is 22.5 Å². The van der Waals surface area contributed by atoms with E-state index >= 15 is 0 Å². The summed E-state index contributed by atoms with van der Waals surface area (Å²) in [5.41, 5.74) is 5.53. The summed E-state index contributed by atoms with van der Waals surface area (Å²) in [6, 6.07) is 21.4. The summed E-state index contributed by atoms with van der Waals surface area (Å²) in [6.45, 7) is 7.04. The molecule has 4 rings (SSSR count). The molecule has 0 fully saturated rings. The lowest BCUT2D eigenvalue weighted by atomic mass is 10.00. The van der Waals surface area contributed by atoms with Gasteiger partial charge in [-0.15, -0.1) is 0 Å². The molecule has 0 atom stereocenters. The van der Waals surface area contributed by atoms with Gasteiger partial charge < -0.3 is 9.30 Å². The number of benzene rings is 3. The highest BCUT2D eigenvalue weighted by molar-refractivity contribution is 7.90. The average Bonchev–Trinajstić information content (AvgIpc) is 3.26. The van der Waals surface area contributed by atoms with Crippen molar-refractivity contribution in [3.8, 4) is 11.1 Å². The fourth-order valence-electron chi connectivity index (χ4n) is 4.67. The molecule has 1 N–H and O–H groups in total. The number of para-hydroxylation sites is 2. The molecule has 1 aromatic heterocycles. The minimum Gasteiger partial charge on any atom is -0.449 e. The number of ether oxygens (including phenoxy) is 1. The maximum absolute atomic E-state index is 13.2. The predicted octanol–water partition coefficient (Wildman–Crippen LogP) is 6.87. The number of nitrogens with one attached hydrogen (secondary N) is 1. The molecule has 1 amide bonds. The zero-order valence-corrected chi connectivity index (χ0v) is 23.8. The molecule has 3 aromatic carbocycles. The number of unbranched alkanes of at least 4 members (excludes halogenated alkanes) is 1. The van der Waals surface area contributed by atoms with Gasteiger partial charge in [0, 0.05) is 18.5 Å². The van der Waals surface area contributed by atoms with E-state index in [1.54, 1.807) is 12.1 Å². The maximum atomic E-state index is 13.2. The van der Waals surface area contributed by atoms with Crippen molar-refractivity contribution in [2.24, 2.45) is 0 Å². The van der Waals surface area contributed by atoms with Crippen molar-refractivity contribution in [3.63, 3.8) is 0 Å². The Kier molecular flexibility index (Phi) is 9.41. The summed E-state index contributed by atoms with van der Waals surface area (Å²) in [6.07, 6.45) is 4.22. The number of carbonyl (C=O) groups excluding carboxylic acids is 1. The van der Waals surface area contributed by atoms with E-state index in [0.717, 1.165) is 65.7 Å². The minimum atomic E-state index is -4.13. The van der Waals surface area contributed by atoms with Crippen LogP contribution in [0.1, 0.15) is 63.4 Å². The fraction of sp³-hybridized carbons (Fsp3) is 0.355. The lowest BCUT2D eigenvalue weighted by Gasteiger charge is -2.15. The molecule has 1 heterocycles. The summed E-state index contributed by atoms with van der Waals surface area (Å²) in [4.78, 5) is 17.0. The van der Waals surface area contributed by atoms with Crippen LogP contribution in [0.5, 0.6) is 0 Å². The number of amides is 1. The molecule has 0 saturated carbocycles. The predicted molar refractivity (Wildman–Crippen MR) is 155 cm³/mol. The van der Waals surface area contributed by atoms with Crippen molar-refractivity contribution in [2.75, 3.05) is 6.61 Å². The van der Waals surface area contributed by atoms with Gasteiger partial charge in [-0.2, -0.15) is 0 Å². The Morgan fingerprint density at radius 1 is 0.897 bits per heavy atom. The highest BCUT2D eigenvalue weighted by atomic mass is 32.2. The maximum Gasteiger partial charge on any atom is 0.421 e. The zero-order valence-electron chi connectivity index (χ0n) is 22.9. The lowest BCUT2D eigenvalue weighted by molar-refractivity contribution is 0.151. The van der Waals surface area contributed by atoms with E-state index in [1.807, 2.05) is 55.5 Å². The summed E-state index contributed by atoms with van der Waals surface area (Å²) in [5.74, 6) is 1.06. The lowest BCUT2D eigenvalue weighted by Crippen LogP contribution is -2.31. The molecule has 0 bridgehead atoms. The second-order valence-electron chi connectivity index (χ2n) is 9.73. The van der Waals surface area contributed by atoms with Crippen LogP contribution < -0.4 is 4.72 Å². The molecule has 206 valence electrons.